The number of anilines is 2. The number of fused-ring (bicyclic) bond motifs is 2. The molecular weight excluding hydrogens is 647 g/mol. The number of aromatic nitrogens is 4. The lowest BCUT2D eigenvalue weighted by atomic mass is 10.1. The number of rotatable bonds is 6. The number of aryl methyl sites for hydroxylation is 1. The summed E-state index contributed by atoms with van der Waals surface area (Å²) in [4.78, 5) is 48.7. The number of carbonyl (C=O) groups excluding carboxylic acids is 2. The number of nitrogens with one attached hydrogen (secondary N) is 1. The van der Waals surface area contributed by atoms with Crippen molar-refractivity contribution >= 4 is 45.7 Å². The molecule has 0 spiro atoms. The molecule has 5 heterocycles. The van der Waals surface area contributed by atoms with E-state index in [0.29, 0.717) is 69.4 Å². The minimum absolute atomic E-state index is 0.0734. The van der Waals surface area contributed by atoms with Crippen LogP contribution in [0.25, 0.3) is 22.3 Å². The Labute approximate surface area is 279 Å². The molecule has 0 bridgehead atoms. The number of hydrogen-bond donors (Lipinski definition) is 1. The van der Waals surface area contributed by atoms with Crippen LogP contribution in [-0.2, 0) is 33.4 Å². The maximum atomic E-state index is 14.1. The molecule has 0 unspecified atom stereocenters. The van der Waals surface area contributed by atoms with Crippen molar-refractivity contribution in [2.45, 2.75) is 65.8 Å². The first-order valence-corrected chi connectivity index (χ1v) is 16.1. The van der Waals surface area contributed by atoms with Gasteiger partial charge in [-0.2, -0.15) is 22.7 Å². The lowest BCUT2D eigenvalue weighted by Crippen LogP contribution is -2.51. The lowest BCUT2D eigenvalue weighted by molar-refractivity contribution is -0.136. The fourth-order valence-electron chi connectivity index (χ4n) is 6.16. The van der Waals surface area contributed by atoms with Crippen molar-refractivity contribution in [3.8, 4) is 0 Å². The summed E-state index contributed by atoms with van der Waals surface area (Å²) in [5.74, 6) is 0.152. The second kappa shape index (κ2) is 12.9. The third-order valence-electron chi connectivity index (χ3n) is 8.35. The monoisotopic (exact) mass is 685 g/mol. The van der Waals surface area contributed by atoms with Crippen LogP contribution in [0.4, 0.5) is 29.3 Å². The maximum Gasteiger partial charge on any atom is 0.417 e. The Morgan fingerprint density at radius 3 is 2.47 bits per heavy atom. The quantitative estimate of drug-likeness (QED) is 0.297. The van der Waals surface area contributed by atoms with Crippen LogP contribution in [0.15, 0.2) is 33.5 Å². The van der Waals surface area contributed by atoms with E-state index in [-0.39, 0.29) is 34.7 Å². The first kappa shape index (κ1) is 34.0. The van der Waals surface area contributed by atoms with Gasteiger partial charge in [-0.3, -0.25) is 9.59 Å². The number of nitrogens with zero attached hydrogens (tertiary/aromatic N) is 6. The fraction of sp³-hybridized carbons (Fsp3) is 0.485. The molecule has 49 heavy (non-hydrogen) atoms. The Morgan fingerprint density at radius 1 is 1.10 bits per heavy atom. The molecule has 13 nitrogen and oxygen atoms in total. The van der Waals surface area contributed by atoms with E-state index in [2.05, 4.69) is 10.4 Å². The van der Waals surface area contributed by atoms with E-state index < -0.39 is 34.9 Å². The largest absolute Gasteiger partial charge is 0.459 e. The summed E-state index contributed by atoms with van der Waals surface area (Å²) in [7, 11) is 0. The van der Waals surface area contributed by atoms with Gasteiger partial charge in [0.25, 0.3) is 5.56 Å². The van der Waals surface area contributed by atoms with Gasteiger partial charge in [0.15, 0.2) is 11.4 Å². The van der Waals surface area contributed by atoms with Crippen LogP contribution in [0.3, 0.4) is 0 Å². The molecule has 1 saturated heterocycles. The predicted octanol–water partition coefficient (Wildman–Crippen LogP) is 5.03. The van der Waals surface area contributed by atoms with Crippen molar-refractivity contribution in [3.05, 3.63) is 57.5 Å². The van der Waals surface area contributed by atoms with Crippen molar-refractivity contribution < 1.29 is 36.7 Å². The van der Waals surface area contributed by atoms with E-state index in [1.54, 1.807) is 30.2 Å². The molecular formula is C33H38F3N7O6. The summed E-state index contributed by atoms with van der Waals surface area (Å²) in [5, 5.41) is 7.10. The Bertz CT molecular complexity index is 2010. The number of amides is 2. The molecule has 2 aliphatic rings. The zero-order valence-corrected chi connectivity index (χ0v) is 27.9. The molecule has 4 aromatic rings. The molecule has 1 N–H and O–H groups in total. The van der Waals surface area contributed by atoms with E-state index in [9.17, 15) is 27.6 Å². The minimum Gasteiger partial charge on any atom is -0.459 e. The van der Waals surface area contributed by atoms with Crippen molar-refractivity contribution in [1.82, 2.24) is 24.1 Å². The summed E-state index contributed by atoms with van der Waals surface area (Å²) in [5.41, 5.74) is -0.331. The number of ether oxygens (including phenoxy) is 2. The predicted molar refractivity (Wildman–Crippen MR) is 175 cm³/mol. The number of halogens is 3. The van der Waals surface area contributed by atoms with Gasteiger partial charge in [0.05, 0.1) is 30.2 Å². The molecule has 2 amide bonds. The van der Waals surface area contributed by atoms with E-state index in [4.69, 9.17) is 18.9 Å². The highest BCUT2D eigenvalue weighted by atomic mass is 19.4. The smallest absolute Gasteiger partial charge is 0.417 e. The Morgan fingerprint density at radius 2 is 1.84 bits per heavy atom. The average Bonchev–Trinajstić information content (AvgIpc) is 3.66. The van der Waals surface area contributed by atoms with Crippen LogP contribution in [0.5, 0.6) is 0 Å². The number of furan rings is 1. The summed E-state index contributed by atoms with van der Waals surface area (Å²) in [6.07, 6.45) is -2.34. The number of piperazine rings is 1. The van der Waals surface area contributed by atoms with Crippen molar-refractivity contribution in [1.29, 1.82) is 0 Å². The van der Waals surface area contributed by atoms with Gasteiger partial charge in [-0.1, -0.05) is 13.0 Å². The number of benzene rings is 1. The van der Waals surface area contributed by atoms with Gasteiger partial charge in [0, 0.05) is 31.6 Å². The summed E-state index contributed by atoms with van der Waals surface area (Å²) in [6, 6.07) is 3.35. The van der Waals surface area contributed by atoms with Crippen LogP contribution < -0.4 is 15.8 Å². The van der Waals surface area contributed by atoms with Gasteiger partial charge < -0.3 is 33.6 Å². The molecule has 16 heteroatoms. The van der Waals surface area contributed by atoms with Crippen LogP contribution in [0, 0.1) is 6.92 Å². The van der Waals surface area contributed by atoms with Gasteiger partial charge in [0.2, 0.25) is 11.7 Å². The molecule has 0 saturated carbocycles. The van der Waals surface area contributed by atoms with Crippen LogP contribution in [0.1, 0.15) is 57.0 Å². The minimum atomic E-state index is -4.62. The maximum absolute atomic E-state index is 14.1. The highest BCUT2D eigenvalue weighted by Crippen LogP contribution is 2.39. The van der Waals surface area contributed by atoms with E-state index in [1.165, 1.54) is 17.5 Å². The zero-order chi connectivity index (χ0) is 35.2. The normalized spacial score (nSPS) is 16.0. The second-order valence-electron chi connectivity index (χ2n) is 13.0. The third kappa shape index (κ3) is 6.86. The van der Waals surface area contributed by atoms with E-state index in [1.807, 2.05) is 17.9 Å². The van der Waals surface area contributed by atoms with Crippen molar-refractivity contribution in [3.63, 3.8) is 0 Å². The molecule has 0 radical (unpaired) electrons. The summed E-state index contributed by atoms with van der Waals surface area (Å²) >= 11 is 0. The molecule has 0 atom stereocenters. The van der Waals surface area contributed by atoms with Crippen LogP contribution >= 0.6 is 0 Å². The second-order valence-corrected chi connectivity index (χ2v) is 13.0. The van der Waals surface area contributed by atoms with Gasteiger partial charge in [0.1, 0.15) is 23.6 Å². The molecule has 1 aromatic carbocycles. The average molecular weight is 686 g/mol. The molecule has 1 fully saturated rings. The van der Waals surface area contributed by atoms with Gasteiger partial charge in [-0.25, -0.2) is 4.79 Å². The topological polar surface area (TPSA) is 136 Å². The standard InChI is InChI=1S/C33H38F3N7O6/c1-6-24-26(40-11-13-41(14-12-40)31(46)49-32(3,4)5)29(45)43-30(38-28(39-43)20-9-15-47-16-10-20)42(24)18-25(44)37-23-8-7-22(33(34,35)36)21-17-19(2)48-27(21)23/h7-9,17H,6,10-16,18H2,1-5H3,(H,37,44). The highest BCUT2D eigenvalue weighted by molar-refractivity contribution is 6.01. The molecule has 6 rings (SSSR count). The summed E-state index contributed by atoms with van der Waals surface area (Å²) < 4.78 is 60.5. The van der Waals surface area contributed by atoms with E-state index >= 15 is 0 Å². The van der Waals surface area contributed by atoms with Crippen LogP contribution in [-0.4, -0.2) is 81.1 Å². The molecule has 2 aliphatic heterocycles. The van der Waals surface area contributed by atoms with Gasteiger partial charge in [-0.05, 0) is 64.3 Å². The Hall–Kier alpha value is -4.86. The molecule has 262 valence electrons. The number of alkyl halides is 3. The van der Waals surface area contributed by atoms with Gasteiger partial charge >= 0.3 is 12.3 Å². The van der Waals surface area contributed by atoms with Gasteiger partial charge in [-0.15, -0.1) is 5.10 Å². The molecule has 3 aromatic heterocycles. The van der Waals surface area contributed by atoms with E-state index in [0.717, 1.165) is 17.7 Å². The zero-order valence-electron chi connectivity index (χ0n) is 27.9. The lowest BCUT2D eigenvalue weighted by Gasteiger charge is -2.37. The van der Waals surface area contributed by atoms with Crippen molar-refractivity contribution in [2.24, 2.45) is 0 Å². The number of hydrogen-bond acceptors (Lipinski definition) is 9. The number of carbonyl (C=O) groups is 2. The molecule has 0 aliphatic carbocycles. The first-order chi connectivity index (χ1) is 23.1. The van der Waals surface area contributed by atoms with Crippen molar-refractivity contribution in [2.75, 3.05) is 49.6 Å². The van der Waals surface area contributed by atoms with Crippen LogP contribution in [0.2, 0.25) is 0 Å². The summed E-state index contributed by atoms with van der Waals surface area (Å²) in [6.45, 7) is 10.5. The highest BCUT2D eigenvalue weighted by Gasteiger charge is 2.35. The SMILES string of the molecule is CCc1c(N2CCN(C(=O)OC(C)(C)C)CC2)c(=O)n2nc(C3=CCOCC3)nc2n1CC(=O)Nc1ccc(C(F)(F)F)c2cc(C)oc12. The fourth-order valence-corrected chi connectivity index (χ4v) is 6.16. The Kier molecular flexibility index (Phi) is 8.94. The first-order valence-electron chi connectivity index (χ1n) is 16.1. The third-order valence-corrected chi connectivity index (χ3v) is 8.35. The Balaban J connectivity index is 1.38.